The Balaban J connectivity index is 2.30. The minimum atomic E-state index is -0.977. The van der Waals surface area contributed by atoms with Gasteiger partial charge in [-0.3, -0.25) is 4.79 Å². The Labute approximate surface area is 103 Å². The zero-order valence-electron chi connectivity index (χ0n) is 9.26. The van der Waals surface area contributed by atoms with E-state index in [9.17, 15) is 14.7 Å². The van der Waals surface area contributed by atoms with Crippen molar-refractivity contribution in [2.45, 2.75) is 18.9 Å². The molecular weight excluding hydrogens is 240 g/mol. The molecule has 0 bridgehead atoms. The second-order valence-corrected chi connectivity index (χ2v) is 4.92. The van der Waals surface area contributed by atoms with Crippen LogP contribution >= 0.6 is 11.3 Å². The normalized spacial score (nSPS) is 18.9. The second kappa shape index (κ2) is 4.85. The van der Waals surface area contributed by atoms with Crippen LogP contribution in [0.1, 0.15) is 22.9 Å². The van der Waals surface area contributed by atoms with Crippen LogP contribution in [0.3, 0.4) is 0 Å². The molecule has 1 amide bonds. The van der Waals surface area contributed by atoms with E-state index in [2.05, 4.69) is 0 Å². The number of amides is 1. The summed E-state index contributed by atoms with van der Waals surface area (Å²) in [6.45, 7) is 0.710. The molecule has 1 aliphatic rings. The number of carboxylic acids is 1. The molecule has 3 N–H and O–H groups in total. The van der Waals surface area contributed by atoms with Gasteiger partial charge in [-0.2, -0.15) is 0 Å². The van der Waals surface area contributed by atoms with E-state index in [0.717, 1.165) is 16.9 Å². The van der Waals surface area contributed by atoms with E-state index in [1.54, 1.807) is 17.4 Å². The Kier molecular flexibility index (Phi) is 3.44. The van der Waals surface area contributed by atoms with Crippen LogP contribution < -0.4 is 5.73 Å². The lowest BCUT2D eigenvalue weighted by atomic mass is 9.99. The number of aliphatic carboxylic acids is 1. The minimum absolute atomic E-state index is 0.184. The number of carbonyl (C=O) groups is 2. The van der Waals surface area contributed by atoms with Gasteiger partial charge in [0.2, 0.25) is 5.91 Å². The third kappa shape index (κ3) is 2.18. The first-order chi connectivity index (χ1) is 8.15. The highest BCUT2D eigenvalue weighted by Crippen LogP contribution is 2.33. The van der Waals surface area contributed by atoms with Crippen molar-refractivity contribution in [2.24, 2.45) is 5.73 Å². The molecule has 17 heavy (non-hydrogen) atoms. The molecule has 1 unspecified atom stereocenters. The summed E-state index contributed by atoms with van der Waals surface area (Å²) >= 11 is 1.55. The van der Waals surface area contributed by atoms with Crippen LogP contribution in [0.4, 0.5) is 0 Å². The maximum Gasteiger partial charge on any atom is 0.331 e. The molecule has 0 fully saturated rings. The molecular formula is C11H14N2O3S. The zero-order chi connectivity index (χ0) is 12.4. The highest BCUT2D eigenvalue weighted by molar-refractivity contribution is 7.10. The molecule has 0 saturated heterocycles. The molecule has 1 atom stereocenters. The van der Waals surface area contributed by atoms with E-state index in [4.69, 9.17) is 5.73 Å². The molecule has 0 radical (unpaired) electrons. The number of carboxylic acid groups (broad SMARTS) is 1. The summed E-state index contributed by atoms with van der Waals surface area (Å²) in [5.41, 5.74) is 6.09. The van der Waals surface area contributed by atoms with Crippen LogP contribution in [-0.4, -0.2) is 35.0 Å². The highest BCUT2D eigenvalue weighted by atomic mass is 32.1. The fourth-order valence-corrected chi connectivity index (χ4v) is 3.02. The van der Waals surface area contributed by atoms with Gasteiger partial charge in [-0.25, -0.2) is 4.79 Å². The van der Waals surface area contributed by atoms with Crippen LogP contribution in [0, 0.1) is 0 Å². The summed E-state index contributed by atoms with van der Waals surface area (Å²) < 4.78 is 0. The number of nitrogens with zero attached hydrogens (tertiary/aromatic N) is 1. The summed E-state index contributed by atoms with van der Waals surface area (Å²) in [7, 11) is 0. The molecule has 1 aromatic rings. The number of fused-ring (bicyclic) bond motifs is 1. The van der Waals surface area contributed by atoms with Gasteiger partial charge in [0.25, 0.3) is 0 Å². The van der Waals surface area contributed by atoms with Crippen molar-refractivity contribution in [3.63, 3.8) is 0 Å². The third-order valence-corrected chi connectivity index (χ3v) is 3.87. The predicted molar refractivity (Wildman–Crippen MR) is 63.8 cm³/mol. The van der Waals surface area contributed by atoms with Crippen molar-refractivity contribution in [3.8, 4) is 0 Å². The fraction of sp³-hybridized carbons (Fsp3) is 0.455. The number of carbonyl (C=O) groups excluding carboxylic acids is 1. The lowest BCUT2D eigenvalue weighted by Crippen LogP contribution is -2.43. The van der Waals surface area contributed by atoms with Crippen LogP contribution in [-0.2, 0) is 16.0 Å². The maximum absolute atomic E-state index is 11.8. The average molecular weight is 254 g/mol. The molecule has 0 spiro atoms. The number of nitrogens with two attached hydrogens (primary N) is 1. The smallest absolute Gasteiger partial charge is 0.331 e. The molecule has 5 nitrogen and oxygen atoms in total. The van der Waals surface area contributed by atoms with Gasteiger partial charge in [0.05, 0.1) is 0 Å². The lowest BCUT2D eigenvalue weighted by Gasteiger charge is -2.33. The molecule has 2 heterocycles. The summed E-state index contributed by atoms with van der Waals surface area (Å²) in [6.07, 6.45) is 0.927. The van der Waals surface area contributed by atoms with E-state index in [0.29, 0.717) is 6.54 Å². The molecule has 0 saturated carbocycles. The molecule has 0 aliphatic carbocycles. The van der Waals surface area contributed by atoms with Crippen molar-refractivity contribution in [1.29, 1.82) is 0 Å². The Hall–Kier alpha value is -1.40. The van der Waals surface area contributed by atoms with Crippen molar-refractivity contribution in [3.05, 3.63) is 21.9 Å². The van der Waals surface area contributed by atoms with Gasteiger partial charge in [-0.05, 0) is 23.4 Å². The van der Waals surface area contributed by atoms with Crippen molar-refractivity contribution in [2.75, 3.05) is 13.1 Å². The van der Waals surface area contributed by atoms with Gasteiger partial charge >= 0.3 is 5.97 Å². The standard InChI is InChI=1S/C11H14N2O3S/c12-4-1-9(14)13-5-2-8-7(3-6-17-8)10(13)11(15)16/h3,6,10H,1-2,4-5,12H2,(H,15,16). The summed E-state index contributed by atoms with van der Waals surface area (Å²) in [6, 6.07) is 0.949. The third-order valence-electron chi connectivity index (χ3n) is 2.88. The van der Waals surface area contributed by atoms with Gasteiger partial charge < -0.3 is 15.7 Å². The number of hydrogen-bond donors (Lipinski definition) is 2. The van der Waals surface area contributed by atoms with Gasteiger partial charge in [-0.1, -0.05) is 0 Å². The molecule has 6 heteroatoms. The SMILES string of the molecule is NCCC(=O)N1CCc2sccc2C1C(=O)O. The van der Waals surface area contributed by atoms with Crippen LogP contribution in [0.5, 0.6) is 0 Å². The van der Waals surface area contributed by atoms with Gasteiger partial charge in [0.15, 0.2) is 6.04 Å². The lowest BCUT2D eigenvalue weighted by molar-refractivity contribution is -0.151. The molecule has 92 valence electrons. The monoisotopic (exact) mass is 254 g/mol. The first-order valence-corrected chi connectivity index (χ1v) is 6.31. The quantitative estimate of drug-likeness (QED) is 0.827. The van der Waals surface area contributed by atoms with Crippen molar-refractivity contribution < 1.29 is 14.7 Å². The largest absolute Gasteiger partial charge is 0.479 e. The molecule has 2 rings (SSSR count). The predicted octanol–water partition coefficient (Wildman–Crippen LogP) is 0.607. The fourth-order valence-electron chi connectivity index (χ4n) is 2.12. The van der Waals surface area contributed by atoms with E-state index in [-0.39, 0.29) is 18.9 Å². The molecule has 1 aliphatic heterocycles. The summed E-state index contributed by atoms with van der Waals surface area (Å²) in [5.74, 6) is -1.16. The topological polar surface area (TPSA) is 83.6 Å². The van der Waals surface area contributed by atoms with E-state index >= 15 is 0 Å². The van der Waals surface area contributed by atoms with Gasteiger partial charge in [0.1, 0.15) is 0 Å². The second-order valence-electron chi connectivity index (χ2n) is 3.92. The van der Waals surface area contributed by atoms with Crippen molar-refractivity contribution in [1.82, 2.24) is 4.90 Å². The Morgan fingerprint density at radius 2 is 2.35 bits per heavy atom. The van der Waals surface area contributed by atoms with Gasteiger partial charge in [0, 0.05) is 24.4 Å². The zero-order valence-corrected chi connectivity index (χ0v) is 10.1. The first kappa shape index (κ1) is 12.1. The molecule has 0 aromatic carbocycles. The maximum atomic E-state index is 11.8. The van der Waals surface area contributed by atoms with E-state index < -0.39 is 12.0 Å². The first-order valence-electron chi connectivity index (χ1n) is 5.43. The number of rotatable bonds is 3. The molecule has 1 aromatic heterocycles. The number of hydrogen-bond acceptors (Lipinski definition) is 4. The van der Waals surface area contributed by atoms with Crippen LogP contribution in [0.15, 0.2) is 11.4 Å². The Morgan fingerprint density at radius 3 is 3.00 bits per heavy atom. The summed E-state index contributed by atoms with van der Waals surface area (Å²) in [5, 5.41) is 11.1. The summed E-state index contributed by atoms with van der Waals surface area (Å²) in [4.78, 5) is 25.6. The minimum Gasteiger partial charge on any atom is -0.479 e. The number of thiophene rings is 1. The van der Waals surface area contributed by atoms with Crippen LogP contribution in [0.2, 0.25) is 0 Å². The Morgan fingerprint density at radius 1 is 1.59 bits per heavy atom. The highest BCUT2D eigenvalue weighted by Gasteiger charge is 2.35. The Bertz CT molecular complexity index is 444. The van der Waals surface area contributed by atoms with Crippen LogP contribution in [0.25, 0.3) is 0 Å². The van der Waals surface area contributed by atoms with E-state index in [1.807, 2.05) is 5.38 Å². The van der Waals surface area contributed by atoms with Crippen molar-refractivity contribution >= 4 is 23.2 Å². The van der Waals surface area contributed by atoms with E-state index in [1.165, 1.54) is 4.90 Å². The van der Waals surface area contributed by atoms with Gasteiger partial charge in [-0.15, -0.1) is 11.3 Å². The average Bonchev–Trinajstić information content (AvgIpc) is 2.75.